The zero-order chi connectivity index (χ0) is 26.0. The molecule has 1 aromatic heterocycles. The fourth-order valence-electron chi connectivity index (χ4n) is 4.67. The van der Waals surface area contributed by atoms with E-state index < -0.39 is 30.1 Å². The molecule has 0 bridgehead atoms. The number of aliphatic hydroxyl groups excluding tert-OH is 1. The number of carbonyl (C=O) groups excluding carboxylic acids is 3. The Labute approximate surface area is 218 Å². The number of halogens is 2. The number of rotatable bonds is 7. The van der Waals surface area contributed by atoms with Crippen LogP contribution < -0.4 is 10.6 Å². The highest BCUT2D eigenvalue weighted by Crippen LogP contribution is 2.36. The van der Waals surface area contributed by atoms with Gasteiger partial charge in [-0.1, -0.05) is 36.2 Å². The first-order valence-corrected chi connectivity index (χ1v) is 12.7. The molecule has 0 aliphatic carbocycles. The number of benzene rings is 1. The third kappa shape index (κ3) is 5.08. The first-order chi connectivity index (χ1) is 17.3. The van der Waals surface area contributed by atoms with Crippen molar-refractivity contribution in [2.75, 3.05) is 13.6 Å². The maximum atomic E-state index is 13.4. The van der Waals surface area contributed by atoms with Gasteiger partial charge in [-0.3, -0.25) is 19.4 Å². The third-order valence-electron chi connectivity index (χ3n) is 6.65. The molecule has 0 saturated carbocycles. The Morgan fingerprint density at radius 1 is 1.28 bits per heavy atom. The van der Waals surface area contributed by atoms with Gasteiger partial charge >= 0.3 is 0 Å². The zero-order valence-electron chi connectivity index (χ0n) is 20.0. The van der Waals surface area contributed by atoms with Crippen LogP contribution in [0.25, 0.3) is 11.3 Å². The molecule has 1 unspecified atom stereocenters. The molecule has 10 nitrogen and oxygen atoms in total. The number of likely N-dealkylation sites (N-methyl/N-ethyl adjacent to an activating group) is 1. The number of aromatic nitrogens is 1. The summed E-state index contributed by atoms with van der Waals surface area (Å²) in [5, 5.41) is 20.2. The van der Waals surface area contributed by atoms with E-state index in [1.165, 1.54) is 16.2 Å². The highest BCUT2D eigenvalue weighted by atomic mass is 35.5. The number of carbonyl (C=O) groups is 3. The number of hydrogen-bond acceptors (Lipinski definition) is 7. The van der Waals surface area contributed by atoms with Gasteiger partial charge < -0.3 is 20.2 Å². The van der Waals surface area contributed by atoms with Gasteiger partial charge in [0.05, 0.1) is 33.9 Å². The van der Waals surface area contributed by atoms with Crippen LogP contribution >= 0.6 is 23.2 Å². The minimum absolute atomic E-state index is 0.00493. The summed E-state index contributed by atoms with van der Waals surface area (Å²) in [4.78, 5) is 43.4. The van der Waals surface area contributed by atoms with Gasteiger partial charge in [-0.15, -0.1) is 0 Å². The lowest BCUT2D eigenvalue weighted by Gasteiger charge is -2.43. The van der Waals surface area contributed by atoms with Crippen LogP contribution in [-0.4, -0.2) is 69.5 Å². The van der Waals surface area contributed by atoms with Gasteiger partial charge in [0.1, 0.15) is 6.04 Å². The summed E-state index contributed by atoms with van der Waals surface area (Å²) >= 11 is 12.5. The van der Waals surface area contributed by atoms with E-state index in [-0.39, 0.29) is 29.9 Å². The molecule has 2 aliphatic heterocycles. The standard InChI is InChI=1S/C24H29Cl2N5O5/c1-3-15(21(33)23-28-12-18(36-23)20-13(25)6-4-7-14(20)26)29-22(34)17-8-5-11-30-19(32)10-9-16(27-2)24(35)31(17)30/h4,6-7,12,15-17,21,27,33H,3,5,8-11H2,1-2H3,(H,29,34)/t15-,16-,17-,21?/m0/s1. The number of oxazole rings is 1. The molecule has 3 amide bonds. The Balaban J connectivity index is 1.52. The number of hydrazine groups is 1. The van der Waals surface area contributed by atoms with E-state index in [4.69, 9.17) is 27.6 Å². The van der Waals surface area contributed by atoms with Crippen molar-refractivity contribution in [3.63, 3.8) is 0 Å². The highest BCUT2D eigenvalue weighted by Gasteiger charge is 2.44. The molecule has 1 aromatic carbocycles. The maximum Gasteiger partial charge on any atom is 0.259 e. The van der Waals surface area contributed by atoms with Crippen LogP contribution in [0, 0.1) is 0 Å². The van der Waals surface area contributed by atoms with E-state index in [0.717, 1.165) is 0 Å². The number of nitrogens with one attached hydrogen (secondary N) is 2. The van der Waals surface area contributed by atoms with Crippen LogP contribution in [0.1, 0.15) is 51.0 Å². The fraction of sp³-hybridized carbons (Fsp3) is 0.500. The van der Waals surface area contributed by atoms with Crippen molar-refractivity contribution in [1.82, 2.24) is 25.6 Å². The zero-order valence-corrected chi connectivity index (χ0v) is 21.6. The number of aliphatic hydroxyl groups is 1. The van der Waals surface area contributed by atoms with Crippen molar-refractivity contribution in [3.8, 4) is 11.3 Å². The van der Waals surface area contributed by atoms with Crippen molar-refractivity contribution in [3.05, 3.63) is 40.3 Å². The first kappa shape index (κ1) is 26.4. The molecule has 3 heterocycles. The lowest BCUT2D eigenvalue weighted by Crippen LogP contribution is -2.64. The predicted octanol–water partition coefficient (Wildman–Crippen LogP) is 2.69. The van der Waals surface area contributed by atoms with Crippen molar-refractivity contribution in [2.24, 2.45) is 0 Å². The Morgan fingerprint density at radius 3 is 2.67 bits per heavy atom. The van der Waals surface area contributed by atoms with Gasteiger partial charge in [0, 0.05) is 13.0 Å². The number of fused-ring (bicyclic) bond motifs is 1. The summed E-state index contributed by atoms with van der Waals surface area (Å²) in [6, 6.07) is 2.86. The van der Waals surface area contributed by atoms with Crippen LogP contribution in [0.4, 0.5) is 0 Å². The average Bonchev–Trinajstić information content (AvgIpc) is 3.31. The van der Waals surface area contributed by atoms with Crippen molar-refractivity contribution < 1.29 is 23.9 Å². The molecule has 4 rings (SSSR count). The quantitative estimate of drug-likeness (QED) is 0.495. The smallest absolute Gasteiger partial charge is 0.259 e. The molecule has 0 spiro atoms. The second kappa shape index (κ2) is 11.2. The third-order valence-corrected chi connectivity index (χ3v) is 7.28. The lowest BCUT2D eigenvalue weighted by molar-refractivity contribution is -0.176. The minimum atomic E-state index is -1.26. The van der Waals surface area contributed by atoms with Gasteiger partial charge in [0.25, 0.3) is 5.91 Å². The molecule has 2 aliphatic rings. The molecule has 2 aromatic rings. The molecule has 4 atom stereocenters. The minimum Gasteiger partial charge on any atom is -0.438 e. The molecular weight excluding hydrogens is 509 g/mol. The summed E-state index contributed by atoms with van der Waals surface area (Å²) in [6.45, 7) is 2.18. The number of nitrogens with zero attached hydrogens (tertiary/aromatic N) is 3. The van der Waals surface area contributed by atoms with E-state index >= 15 is 0 Å². The van der Waals surface area contributed by atoms with E-state index in [0.29, 0.717) is 47.8 Å². The summed E-state index contributed by atoms with van der Waals surface area (Å²) in [7, 11) is 1.66. The number of hydrogen-bond donors (Lipinski definition) is 3. The van der Waals surface area contributed by atoms with E-state index in [9.17, 15) is 19.5 Å². The lowest BCUT2D eigenvalue weighted by atomic mass is 10.0. The Morgan fingerprint density at radius 2 is 2.00 bits per heavy atom. The van der Waals surface area contributed by atoms with Crippen LogP contribution in [0.2, 0.25) is 10.0 Å². The molecule has 194 valence electrons. The summed E-state index contributed by atoms with van der Waals surface area (Å²) < 4.78 is 5.76. The highest BCUT2D eigenvalue weighted by molar-refractivity contribution is 6.39. The average molecular weight is 538 g/mol. The summed E-state index contributed by atoms with van der Waals surface area (Å²) in [5.74, 6) is -0.670. The first-order valence-electron chi connectivity index (χ1n) is 12.0. The Hall–Kier alpha value is -2.66. The molecule has 0 radical (unpaired) electrons. The van der Waals surface area contributed by atoms with Crippen LogP contribution in [-0.2, 0) is 14.4 Å². The van der Waals surface area contributed by atoms with Crippen molar-refractivity contribution in [1.29, 1.82) is 0 Å². The van der Waals surface area contributed by atoms with Crippen molar-refractivity contribution in [2.45, 2.75) is 63.3 Å². The molecule has 36 heavy (non-hydrogen) atoms. The van der Waals surface area contributed by atoms with Gasteiger partial charge in [-0.25, -0.2) is 9.99 Å². The van der Waals surface area contributed by atoms with E-state index in [1.807, 2.05) is 0 Å². The molecule has 3 N–H and O–H groups in total. The Kier molecular flexibility index (Phi) is 8.19. The molecule has 2 fully saturated rings. The molecular formula is C24H29Cl2N5O5. The monoisotopic (exact) mass is 537 g/mol. The SMILES string of the molecule is CC[C@H](NC(=O)[C@@H]1CCCN2C(=O)CC[C@H](NC)C(=O)N12)C(O)c1ncc(-c2c(Cl)cccc2Cl)o1. The fourth-order valence-corrected chi connectivity index (χ4v) is 5.25. The van der Waals surface area contributed by atoms with Crippen LogP contribution in [0.15, 0.2) is 28.8 Å². The van der Waals surface area contributed by atoms with Crippen LogP contribution in [0.3, 0.4) is 0 Å². The van der Waals surface area contributed by atoms with Gasteiger partial charge in [0.2, 0.25) is 17.7 Å². The van der Waals surface area contributed by atoms with Gasteiger partial charge in [-0.05, 0) is 44.9 Å². The van der Waals surface area contributed by atoms with E-state index in [1.54, 1.807) is 32.2 Å². The summed E-state index contributed by atoms with van der Waals surface area (Å²) in [5.41, 5.74) is 0.453. The second-order valence-corrected chi connectivity index (χ2v) is 9.68. The van der Waals surface area contributed by atoms with Crippen molar-refractivity contribution >= 4 is 40.9 Å². The Bertz CT molecular complexity index is 1120. The van der Waals surface area contributed by atoms with Crippen LogP contribution in [0.5, 0.6) is 0 Å². The normalized spacial score (nSPS) is 22.1. The molecule has 12 heteroatoms. The second-order valence-electron chi connectivity index (χ2n) is 8.87. The van der Waals surface area contributed by atoms with Gasteiger partial charge in [-0.2, -0.15) is 0 Å². The maximum absolute atomic E-state index is 13.4. The van der Waals surface area contributed by atoms with Gasteiger partial charge in [0.15, 0.2) is 11.9 Å². The topological polar surface area (TPSA) is 128 Å². The predicted molar refractivity (Wildman–Crippen MR) is 133 cm³/mol. The largest absolute Gasteiger partial charge is 0.438 e. The number of amides is 3. The molecule has 2 saturated heterocycles. The summed E-state index contributed by atoms with van der Waals surface area (Å²) in [6.07, 6.45) is 2.09. The van der Waals surface area contributed by atoms with E-state index in [2.05, 4.69) is 15.6 Å².